The quantitative estimate of drug-likeness (QED) is 0.184. The van der Waals surface area contributed by atoms with E-state index in [-0.39, 0.29) is 5.41 Å². The summed E-state index contributed by atoms with van der Waals surface area (Å²) in [4.78, 5) is 2.43. The second kappa shape index (κ2) is 11.3. The highest BCUT2D eigenvalue weighted by molar-refractivity contribution is 6.13. The Morgan fingerprint density at radius 1 is 0.451 bits per heavy atom. The lowest BCUT2D eigenvalue weighted by Gasteiger charge is -2.30. The van der Waals surface area contributed by atoms with Crippen molar-refractivity contribution in [2.45, 2.75) is 19.3 Å². The van der Waals surface area contributed by atoms with Gasteiger partial charge in [0.2, 0.25) is 0 Å². The van der Waals surface area contributed by atoms with Crippen molar-refractivity contribution < 1.29 is 4.42 Å². The third-order valence-electron chi connectivity index (χ3n) is 10.9. The molecule has 0 atom stereocenters. The number of fused-ring (bicyclic) bond motifs is 7. The minimum Gasteiger partial charge on any atom is -0.455 e. The monoisotopic (exact) mass is 653 g/mol. The van der Waals surface area contributed by atoms with E-state index >= 15 is 0 Å². The summed E-state index contributed by atoms with van der Waals surface area (Å²) >= 11 is 0. The predicted octanol–water partition coefficient (Wildman–Crippen LogP) is 13.8. The van der Waals surface area contributed by atoms with E-state index in [1.165, 1.54) is 33.0 Å². The van der Waals surface area contributed by atoms with E-state index < -0.39 is 0 Å². The fourth-order valence-electron chi connectivity index (χ4n) is 8.39. The Labute approximate surface area is 297 Å². The van der Waals surface area contributed by atoms with Gasteiger partial charge in [0.1, 0.15) is 11.2 Å². The summed E-state index contributed by atoms with van der Waals surface area (Å²) in [6.07, 6.45) is 0. The highest BCUT2D eigenvalue weighted by Crippen LogP contribution is 2.52. The molecular formula is C49H35NO. The number of anilines is 3. The number of benzene rings is 8. The fourth-order valence-corrected chi connectivity index (χ4v) is 8.39. The fraction of sp³-hybridized carbons (Fsp3) is 0.0612. The van der Waals surface area contributed by atoms with Crippen LogP contribution in [-0.4, -0.2) is 0 Å². The van der Waals surface area contributed by atoms with E-state index in [0.717, 1.165) is 61.3 Å². The second-order valence-corrected chi connectivity index (χ2v) is 14.1. The van der Waals surface area contributed by atoms with Crippen molar-refractivity contribution in [3.8, 4) is 33.4 Å². The van der Waals surface area contributed by atoms with Gasteiger partial charge in [-0.25, -0.2) is 0 Å². The number of hydrogen-bond acceptors (Lipinski definition) is 2. The first-order chi connectivity index (χ1) is 25.1. The smallest absolute Gasteiger partial charge is 0.143 e. The average molecular weight is 654 g/mol. The van der Waals surface area contributed by atoms with Crippen molar-refractivity contribution >= 4 is 49.8 Å². The van der Waals surface area contributed by atoms with Crippen LogP contribution >= 0.6 is 0 Å². The van der Waals surface area contributed by atoms with E-state index in [9.17, 15) is 0 Å². The summed E-state index contributed by atoms with van der Waals surface area (Å²) < 4.78 is 6.75. The molecule has 0 N–H and O–H groups in total. The van der Waals surface area contributed by atoms with Crippen molar-refractivity contribution in [2.75, 3.05) is 4.90 Å². The maximum Gasteiger partial charge on any atom is 0.143 e. The molecule has 1 heterocycles. The Bertz CT molecular complexity index is 2790. The number of para-hydroxylation sites is 3. The van der Waals surface area contributed by atoms with Gasteiger partial charge in [0.05, 0.1) is 5.69 Å². The molecule has 242 valence electrons. The van der Waals surface area contributed by atoms with Crippen molar-refractivity contribution in [3.63, 3.8) is 0 Å². The van der Waals surface area contributed by atoms with Crippen LogP contribution in [0.15, 0.2) is 180 Å². The van der Waals surface area contributed by atoms with E-state index in [2.05, 4.69) is 189 Å². The molecule has 0 fully saturated rings. The first-order valence-corrected chi connectivity index (χ1v) is 17.7. The molecule has 8 aromatic carbocycles. The third-order valence-corrected chi connectivity index (χ3v) is 10.9. The molecule has 1 aliphatic rings. The van der Waals surface area contributed by atoms with E-state index in [1.54, 1.807) is 0 Å². The Morgan fingerprint density at radius 2 is 1.14 bits per heavy atom. The lowest BCUT2D eigenvalue weighted by atomic mass is 9.82. The minimum atomic E-state index is -0.125. The zero-order valence-corrected chi connectivity index (χ0v) is 28.6. The lowest BCUT2D eigenvalue weighted by Crippen LogP contribution is -2.17. The molecule has 0 amide bonds. The molecule has 0 saturated heterocycles. The summed E-state index contributed by atoms with van der Waals surface area (Å²) in [5.41, 5.74) is 14.8. The standard InChI is InChI=1S/C49H35NO/c1-49(2)43-23-10-8-18-38(43)39-29-28-36(31-44(39)49)50(35-16-4-3-5-17-35)45-24-13-20-37(34-27-26-32-14-6-7-15-33(32)30-34)47(45)42-22-12-21-41-40-19-9-11-25-46(40)51-48(41)42/h3-31H,1-2H3. The van der Waals surface area contributed by atoms with Gasteiger partial charge in [0.15, 0.2) is 0 Å². The van der Waals surface area contributed by atoms with Gasteiger partial charge in [-0.3, -0.25) is 0 Å². The first kappa shape index (κ1) is 29.5. The number of furan rings is 1. The van der Waals surface area contributed by atoms with Gasteiger partial charge in [-0.15, -0.1) is 0 Å². The molecule has 9 aromatic rings. The van der Waals surface area contributed by atoms with Gasteiger partial charge >= 0.3 is 0 Å². The average Bonchev–Trinajstić information content (AvgIpc) is 3.67. The van der Waals surface area contributed by atoms with Crippen LogP contribution in [0.3, 0.4) is 0 Å². The molecule has 1 aliphatic carbocycles. The second-order valence-electron chi connectivity index (χ2n) is 14.1. The summed E-state index contributed by atoms with van der Waals surface area (Å²) in [5, 5.41) is 4.68. The maximum absolute atomic E-state index is 6.75. The molecule has 2 nitrogen and oxygen atoms in total. The molecule has 2 heteroatoms. The largest absolute Gasteiger partial charge is 0.455 e. The van der Waals surface area contributed by atoms with Gasteiger partial charge in [-0.2, -0.15) is 0 Å². The van der Waals surface area contributed by atoms with E-state index in [4.69, 9.17) is 4.42 Å². The molecule has 0 bridgehead atoms. The molecule has 0 spiro atoms. The molecule has 0 saturated carbocycles. The van der Waals surface area contributed by atoms with Crippen LogP contribution in [-0.2, 0) is 5.41 Å². The van der Waals surface area contributed by atoms with E-state index in [0.29, 0.717) is 0 Å². The van der Waals surface area contributed by atoms with Gasteiger partial charge in [0, 0.05) is 38.7 Å². The van der Waals surface area contributed by atoms with E-state index in [1.807, 2.05) is 6.07 Å². The molecule has 0 aliphatic heterocycles. The first-order valence-electron chi connectivity index (χ1n) is 17.7. The highest BCUT2D eigenvalue weighted by Gasteiger charge is 2.36. The van der Waals surface area contributed by atoms with Crippen LogP contribution < -0.4 is 4.90 Å². The van der Waals surface area contributed by atoms with Gasteiger partial charge in [0.25, 0.3) is 0 Å². The molecule has 0 radical (unpaired) electrons. The van der Waals surface area contributed by atoms with Crippen LogP contribution in [0.4, 0.5) is 17.1 Å². The molecular weight excluding hydrogens is 619 g/mol. The normalized spacial score (nSPS) is 13.1. The number of rotatable bonds is 5. The van der Waals surface area contributed by atoms with Gasteiger partial charge in [-0.1, -0.05) is 147 Å². The van der Waals surface area contributed by atoms with Crippen molar-refractivity contribution in [3.05, 3.63) is 187 Å². The Kier molecular flexibility index (Phi) is 6.56. The molecule has 10 rings (SSSR count). The lowest BCUT2D eigenvalue weighted by molar-refractivity contribution is 0.660. The van der Waals surface area contributed by atoms with Crippen molar-refractivity contribution in [1.82, 2.24) is 0 Å². The number of nitrogens with zero attached hydrogens (tertiary/aromatic N) is 1. The van der Waals surface area contributed by atoms with Gasteiger partial charge < -0.3 is 9.32 Å². The topological polar surface area (TPSA) is 16.4 Å². The third kappa shape index (κ3) is 4.57. The van der Waals surface area contributed by atoms with Crippen LogP contribution in [0.1, 0.15) is 25.0 Å². The Hall–Kier alpha value is -6.38. The van der Waals surface area contributed by atoms with Gasteiger partial charge in [-0.05, 0) is 86.6 Å². The molecule has 51 heavy (non-hydrogen) atoms. The Morgan fingerprint density at radius 3 is 2.04 bits per heavy atom. The minimum absolute atomic E-state index is 0.125. The van der Waals surface area contributed by atoms with Crippen LogP contribution in [0.5, 0.6) is 0 Å². The van der Waals surface area contributed by atoms with Crippen LogP contribution in [0.2, 0.25) is 0 Å². The maximum atomic E-state index is 6.75. The SMILES string of the molecule is CC1(C)c2ccccc2-c2ccc(N(c3ccccc3)c3cccc(-c4ccc5ccccc5c4)c3-c3cccc4c3oc3ccccc34)cc21. The number of hydrogen-bond donors (Lipinski definition) is 0. The highest BCUT2D eigenvalue weighted by atomic mass is 16.3. The van der Waals surface area contributed by atoms with Crippen LogP contribution in [0.25, 0.3) is 66.1 Å². The molecule has 0 unspecified atom stereocenters. The summed E-state index contributed by atoms with van der Waals surface area (Å²) in [6.45, 7) is 4.70. The summed E-state index contributed by atoms with van der Waals surface area (Å²) in [7, 11) is 0. The predicted molar refractivity (Wildman–Crippen MR) is 214 cm³/mol. The summed E-state index contributed by atoms with van der Waals surface area (Å²) in [6, 6.07) is 63.7. The van der Waals surface area contributed by atoms with Crippen molar-refractivity contribution in [1.29, 1.82) is 0 Å². The zero-order chi connectivity index (χ0) is 34.1. The Balaban J connectivity index is 1.28. The zero-order valence-electron chi connectivity index (χ0n) is 28.6. The summed E-state index contributed by atoms with van der Waals surface area (Å²) in [5.74, 6) is 0. The van der Waals surface area contributed by atoms with Crippen molar-refractivity contribution in [2.24, 2.45) is 0 Å². The van der Waals surface area contributed by atoms with Crippen LogP contribution in [0, 0.1) is 0 Å². The molecule has 1 aromatic heterocycles.